The number of aromatic amines is 1. The van der Waals surface area contributed by atoms with Crippen LogP contribution in [-0.4, -0.2) is 11.0 Å². The Kier molecular flexibility index (Phi) is 4.24. The Balaban J connectivity index is 2.34. The van der Waals surface area contributed by atoms with Crippen molar-refractivity contribution >= 4 is 5.97 Å². The number of hydrogen-bond acceptors (Lipinski definition) is 3. The van der Waals surface area contributed by atoms with Crippen LogP contribution < -0.4 is 10.3 Å². The molecule has 106 valence electrons. The first kappa shape index (κ1) is 14.6. The molecule has 4 nitrogen and oxygen atoms in total. The van der Waals surface area contributed by atoms with E-state index in [0.29, 0.717) is 5.75 Å². The maximum absolute atomic E-state index is 12.2. The van der Waals surface area contributed by atoms with Gasteiger partial charge in [-0.2, -0.15) is 0 Å². The zero-order valence-corrected chi connectivity index (χ0v) is 12.1. The molecule has 0 saturated carbocycles. The number of esters is 1. The molecule has 2 rings (SSSR count). The molecule has 0 atom stereocenters. The smallest absolute Gasteiger partial charge is 0.345 e. The van der Waals surface area contributed by atoms with Crippen LogP contribution in [0.15, 0.2) is 35.3 Å². The summed E-state index contributed by atoms with van der Waals surface area (Å²) in [5, 5.41) is 0. The molecule has 4 heteroatoms. The number of nitrogens with one attached hydrogen (secondary N) is 1. The molecule has 21 heavy (non-hydrogen) atoms. The summed E-state index contributed by atoms with van der Waals surface area (Å²) in [7, 11) is 0. The number of aromatic nitrogens is 1. The van der Waals surface area contributed by atoms with Gasteiger partial charge in [-0.3, -0.25) is 4.79 Å². The molecule has 0 radical (unpaired) electrons. The third-order valence-electron chi connectivity index (χ3n) is 3.00. The van der Waals surface area contributed by atoms with E-state index < -0.39 is 5.97 Å². The van der Waals surface area contributed by atoms with Crippen LogP contribution in [0.1, 0.15) is 34.0 Å². The van der Waals surface area contributed by atoms with E-state index in [1.807, 2.05) is 32.0 Å². The molecule has 2 aromatic rings. The SMILES string of the molecule is CC#Cc1cc(C(=O)Oc2c(C)cccc2C)c[nH]c1=O. The third-order valence-corrected chi connectivity index (χ3v) is 3.00. The van der Waals surface area contributed by atoms with Crippen molar-refractivity contribution in [3.63, 3.8) is 0 Å². The first-order valence-corrected chi connectivity index (χ1v) is 6.47. The van der Waals surface area contributed by atoms with Crippen molar-refractivity contribution in [2.24, 2.45) is 0 Å². The molecule has 0 amide bonds. The van der Waals surface area contributed by atoms with Gasteiger partial charge in [0.2, 0.25) is 0 Å². The lowest BCUT2D eigenvalue weighted by atomic mass is 10.1. The standard InChI is InChI=1S/C17H15NO3/c1-4-6-13-9-14(10-18-16(13)19)17(20)21-15-11(2)7-5-8-12(15)3/h5,7-10H,1-3H3,(H,18,19). The fourth-order valence-corrected chi connectivity index (χ4v) is 1.94. The Hall–Kier alpha value is -2.80. The van der Waals surface area contributed by atoms with E-state index in [1.54, 1.807) is 6.92 Å². The van der Waals surface area contributed by atoms with E-state index in [1.165, 1.54) is 12.3 Å². The lowest BCUT2D eigenvalue weighted by Crippen LogP contribution is -2.16. The molecule has 0 spiro atoms. The normalized spacial score (nSPS) is 9.67. The Morgan fingerprint density at radius 1 is 1.24 bits per heavy atom. The number of pyridine rings is 1. The predicted octanol–water partition coefficient (Wildman–Crippen LogP) is 2.58. The van der Waals surface area contributed by atoms with Crippen molar-refractivity contribution in [1.82, 2.24) is 4.98 Å². The number of para-hydroxylation sites is 1. The van der Waals surface area contributed by atoms with Crippen molar-refractivity contribution in [2.45, 2.75) is 20.8 Å². The van der Waals surface area contributed by atoms with E-state index in [9.17, 15) is 9.59 Å². The molecule has 0 aliphatic rings. The summed E-state index contributed by atoms with van der Waals surface area (Å²) in [5.41, 5.74) is 1.93. The van der Waals surface area contributed by atoms with Crippen LogP contribution in [0.3, 0.4) is 0 Å². The summed E-state index contributed by atoms with van der Waals surface area (Å²) in [4.78, 5) is 26.2. The van der Waals surface area contributed by atoms with E-state index in [-0.39, 0.29) is 16.7 Å². The number of H-pyrrole nitrogens is 1. The lowest BCUT2D eigenvalue weighted by molar-refractivity contribution is 0.0732. The van der Waals surface area contributed by atoms with Gasteiger partial charge < -0.3 is 9.72 Å². The second-order valence-corrected chi connectivity index (χ2v) is 4.62. The first-order valence-electron chi connectivity index (χ1n) is 6.47. The van der Waals surface area contributed by atoms with E-state index in [4.69, 9.17) is 4.74 Å². The van der Waals surface area contributed by atoms with Gasteiger partial charge in [0.1, 0.15) is 5.75 Å². The Labute approximate surface area is 122 Å². The predicted molar refractivity (Wildman–Crippen MR) is 80.5 cm³/mol. The minimum atomic E-state index is -0.525. The number of aryl methyl sites for hydroxylation is 2. The van der Waals surface area contributed by atoms with Gasteiger partial charge in [0, 0.05) is 6.20 Å². The molecule has 1 N–H and O–H groups in total. The fraction of sp³-hybridized carbons (Fsp3) is 0.176. The summed E-state index contributed by atoms with van der Waals surface area (Å²) in [6, 6.07) is 7.08. The summed E-state index contributed by atoms with van der Waals surface area (Å²) < 4.78 is 5.43. The summed E-state index contributed by atoms with van der Waals surface area (Å²) in [5.74, 6) is 5.31. The van der Waals surface area contributed by atoms with E-state index >= 15 is 0 Å². The minimum absolute atomic E-state index is 0.244. The maximum Gasteiger partial charge on any atom is 0.345 e. The molecule has 1 aromatic heterocycles. The zero-order valence-electron chi connectivity index (χ0n) is 12.1. The number of ether oxygens (including phenoxy) is 1. The Bertz CT molecular complexity index is 787. The average Bonchev–Trinajstić information content (AvgIpc) is 2.45. The van der Waals surface area contributed by atoms with Crippen LogP contribution in [0.2, 0.25) is 0 Å². The molecule has 1 heterocycles. The average molecular weight is 281 g/mol. The second-order valence-electron chi connectivity index (χ2n) is 4.62. The lowest BCUT2D eigenvalue weighted by Gasteiger charge is -2.10. The van der Waals surface area contributed by atoms with Gasteiger partial charge in [-0.25, -0.2) is 4.79 Å². The second kappa shape index (κ2) is 6.10. The molecular formula is C17H15NO3. The zero-order chi connectivity index (χ0) is 15.4. The molecule has 0 fully saturated rings. The summed E-state index contributed by atoms with van der Waals surface area (Å²) in [6.07, 6.45) is 1.33. The van der Waals surface area contributed by atoms with Gasteiger partial charge in [-0.15, -0.1) is 5.92 Å². The largest absolute Gasteiger partial charge is 0.422 e. The molecular weight excluding hydrogens is 266 g/mol. The highest BCUT2D eigenvalue weighted by Crippen LogP contribution is 2.23. The number of benzene rings is 1. The summed E-state index contributed by atoms with van der Waals surface area (Å²) >= 11 is 0. The van der Waals surface area contributed by atoms with Crippen molar-refractivity contribution in [1.29, 1.82) is 0 Å². The Morgan fingerprint density at radius 3 is 2.52 bits per heavy atom. The van der Waals surface area contributed by atoms with Crippen LogP contribution in [0.5, 0.6) is 5.75 Å². The van der Waals surface area contributed by atoms with Gasteiger partial charge in [0.05, 0.1) is 11.1 Å². The molecule has 0 saturated heterocycles. The molecule has 0 aliphatic heterocycles. The van der Waals surface area contributed by atoms with Gasteiger partial charge in [0.25, 0.3) is 5.56 Å². The third kappa shape index (κ3) is 3.21. The maximum atomic E-state index is 12.2. The van der Waals surface area contributed by atoms with Crippen LogP contribution >= 0.6 is 0 Å². The van der Waals surface area contributed by atoms with Crippen LogP contribution in [0, 0.1) is 25.7 Å². The van der Waals surface area contributed by atoms with Gasteiger partial charge >= 0.3 is 5.97 Å². The minimum Gasteiger partial charge on any atom is -0.422 e. The first-order chi connectivity index (χ1) is 10.0. The highest BCUT2D eigenvalue weighted by atomic mass is 16.5. The van der Waals surface area contributed by atoms with Crippen LogP contribution in [0.25, 0.3) is 0 Å². The molecule has 0 aliphatic carbocycles. The quantitative estimate of drug-likeness (QED) is 0.523. The number of carbonyl (C=O) groups is 1. The highest BCUT2D eigenvalue weighted by molar-refractivity contribution is 5.91. The molecule has 1 aromatic carbocycles. The number of hydrogen-bond donors (Lipinski definition) is 1. The molecule has 0 unspecified atom stereocenters. The number of carbonyl (C=O) groups excluding carboxylic acids is 1. The number of rotatable bonds is 2. The van der Waals surface area contributed by atoms with E-state index in [0.717, 1.165) is 11.1 Å². The Morgan fingerprint density at radius 2 is 1.90 bits per heavy atom. The van der Waals surface area contributed by atoms with Crippen LogP contribution in [0.4, 0.5) is 0 Å². The monoisotopic (exact) mass is 281 g/mol. The van der Waals surface area contributed by atoms with E-state index in [2.05, 4.69) is 16.8 Å². The van der Waals surface area contributed by atoms with Gasteiger partial charge in [-0.05, 0) is 38.0 Å². The summed E-state index contributed by atoms with van der Waals surface area (Å²) in [6.45, 7) is 5.37. The fourth-order valence-electron chi connectivity index (χ4n) is 1.94. The van der Waals surface area contributed by atoms with Gasteiger partial charge in [0.15, 0.2) is 0 Å². The topological polar surface area (TPSA) is 59.2 Å². The van der Waals surface area contributed by atoms with Gasteiger partial charge in [-0.1, -0.05) is 24.1 Å². The van der Waals surface area contributed by atoms with Crippen molar-refractivity contribution in [2.75, 3.05) is 0 Å². The van der Waals surface area contributed by atoms with Crippen molar-refractivity contribution in [3.05, 3.63) is 63.1 Å². The van der Waals surface area contributed by atoms with Crippen molar-refractivity contribution < 1.29 is 9.53 Å². The van der Waals surface area contributed by atoms with Crippen LogP contribution in [-0.2, 0) is 0 Å². The van der Waals surface area contributed by atoms with Crippen molar-refractivity contribution in [3.8, 4) is 17.6 Å². The highest BCUT2D eigenvalue weighted by Gasteiger charge is 2.13. The molecule has 0 bridgehead atoms.